The molecule has 0 saturated carbocycles. The van der Waals surface area contributed by atoms with E-state index in [9.17, 15) is 9.59 Å². The van der Waals surface area contributed by atoms with Crippen molar-refractivity contribution in [2.24, 2.45) is 0 Å². The number of para-hydroxylation sites is 1. The lowest BCUT2D eigenvalue weighted by molar-refractivity contribution is -0.132. The number of fused-ring (bicyclic) bond motifs is 1. The Kier molecular flexibility index (Phi) is 9.31. The molecular weight excluding hydrogens is 470 g/mol. The summed E-state index contributed by atoms with van der Waals surface area (Å²) in [5.74, 6) is -0.208. The molecule has 6 nitrogen and oxygen atoms in total. The van der Waals surface area contributed by atoms with Gasteiger partial charge in [0.25, 0.3) is 0 Å². The van der Waals surface area contributed by atoms with Crippen molar-refractivity contribution >= 4 is 38.6 Å². The SMILES string of the molecule is O=C(CCCCCCC(=O)N(CCc1c[nH]c2ccccc12)Cc1ccc(Br)cc1)NO. The number of hydroxylamine groups is 1. The summed E-state index contributed by atoms with van der Waals surface area (Å²) in [6.45, 7) is 1.25. The van der Waals surface area contributed by atoms with Gasteiger partial charge in [-0.2, -0.15) is 0 Å². The van der Waals surface area contributed by atoms with Crippen LogP contribution in [0.1, 0.15) is 49.7 Å². The summed E-state index contributed by atoms with van der Waals surface area (Å²) < 4.78 is 1.02. The fourth-order valence-electron chi connectivity index (χ4n) is 3.83. The fourth-order valence-corrected chi connectivity index (χ4v) is 4.09. The van der Waals surface area contributed by atoms with Crippen molar-refractivity contribution in [2.45, 2.75) is 51.5 Å². The summed E-state index contributed by atoms with van der Waals surface area (Å²) in [6.07, 6.45) is 6.90. The molecule has 0 unspecified atom stereocenters. The van der Waals surface area contributed by atoms with Gasteiger partial charge in [0, 0.05) is 47.5 Å². The Balaban J connectivity index is 1.56. The molecule has 0 saturated heterocycles. The quantitative estimate of drug-likeness (QED) is 0.178. The topological polar surface area (TPSA) is 85.4 Å². The van der Waals surface area contributed by atoms with E-state index in [1.165, 1.54) is 10.9 Å². The van der Waals surface area contributed by atoms with Crippen molar-refractivity contribution in [3.8, 4) is 0 Å². The molecule has 170 valence electrons. The minimum absolute atomic E-state index is 0.154. The fraction of sp³-hybridized carbons (Fsp3) is 0.360. The Bertz CT molecular complexity index is 1020. The number of hydrogen-bond donors (Lipinski definition) is 3. The average molecular weight is 500 g/mol. The monoisotopic (exact) mass is 499 g/mol. The molecular formula is C25H30BrN3O3. The Labute approximate surface area is 197 Å². The number of H-pyrrole nitrogens is 1. The molecule has 7 heteroatoms. The molecule has 32 heavy (non-hydrogen) atoms. The number of hydrogen-bond acceptors (Lipinski definition) is 3. The van der Waals surface area contributed by atoms with Gasteiger partial charge in [-0.1, -0.05) is 59.1 Å². The highest BCUT2D eigenvalue weighted by atomic mass is 79.9. The Morgan fingerprint density at radius 2 is 1.69 bits per heavy atom. The van der Waals surface area contributed by atoms with Gasteiger partial charge in [-0.15, -0.1) is 0 Å². The molecule has 0 fully saturated rings. The van der Waals surface area contributed by atoms with Gasteiger partial charge in [-0.3, -0.25) is 14.8 Å². The van der Waals surface area contributed by atoms with E-state index in [1.54, 1.807) is 5.48 Å². The van der Waals surface area contributed by atoms with Crippen molar-refractivity contribution in [1.82, 2.24) is 15.4 Å². The number of aromatic amines is 1. The molecule has 0 aliphatic rings. The summed E-state index contributed by atoms with van der Waals surface area (Å²) in [4.78, 5) is 29.4. The van der Waals surface area contributed by atoms with E-state index in [4.69, 9.17) is 5.21 Å². The summed E-state index contributed by atoms with van der Waals surface area (Å²) in [5, 5.41) is 9.73. The van der Waals surface area contributed by atoms with Crippen LogP contribution in [0.3, 0.4) is 0 Å². The molecule has 3 rings (SSSR count). The van der Waals surface area contributed by atoms with Gasteiger partial charge in [0.15, 0.2) is 0 Å². The lowest BCUT2D eigenvalue weighted by Gasteiger charge is -2.23. The van der Waals surface area contributed by atoms with Gasteiger partial charge in [0.1, 0.15) is 0 Å². The van der Waals surface area contributed by atoms with Crippen molar-refractivity contribution < 1.29 is 14.8 Å². The number of carbonyl (C=O) groups excluding carboxylic acids is 2. The van der Waals surface area contributed by atoms with E-state index >= 15 is 0 Å². The number of aromatic nitrogens is 1. The first-order valence-corrected chi connectivity index (χ1v) is 11.9. The standard InChI is InChI=1S/C25H30BrN3O3/c26-21-13-11-19(12-14-21)18-29(25(31)10-4-2-1-3-9-24(30)28-32)16-15-20-17-27-23-8-6-5-7-22(20)23/h5-8,11-14,17,27,32H,1-4,9-10,15-16,18H2,(H,28,30). The van der Waals surface area contributed by atoms with Crippen LogP contribution < -0.4 is 5.48 Å². The molecule has 0 spiro atoms. The zero-order chi connectivity index (χ0) is 22.8. The first kappa shape index (κ1) is 24.0. The summed E-state index contributed by atoms with van der Waals surface area (Å²) in [6, 6.07) is 16.3. The number of unbranched alkanes of at least 4 members (excludes halogenated alkanes) is 3. The van der Waals surface area contributed by atoms with Crippen LogP contribution in [0.15, 0.2) is 59.2 Å². The van der Waals surface area contributed by atoms with Crippen molar-refractivity contribution in [3.63, 3.8) is 0 Å². The van der Waals surface area contributed by atoms with E-state index in [-0.39, 0.29) is 11.8 Å². The van der Waals surface area contributed by atoms with Crippen LogP contribution >= 0.6 is 15.9 Å². The molecule has 2 aromatic carbocycles. The predicted molar refractivity (Wildman–Crippen MR) is 129 cm³/mol. The number of benzene rings is 2. The molecule has 0 atom stereocenters. The maximum atomic E-state index is 13.0. The summed E-state index contributed by atoms with van der Waals surface area (Å²) in [5.41, 5.74) is 5.09. The van der Waals surface area contributed by atoms with Crippen molar-refractivity contribution in [1.29, 1.82) is 0 Å². The van der Waals surface area contributed by atoms with Gasteiger partial charge in [0.2, 0.25) is 11.8 Å². The number of carbonyl (C=O) groups is 2. The highest BCUT2D eigenvalue weighted by molar-refractivity contribution is 9.10. The van der Waals surface area contributed by atoms with E-state index in [0.29, 0.717) is 32.4 Å². The second-order valence-corrected chi connectivity index (χ2v) is 8.92. The third kappa shape index (κ3) is 7.21. The lowest BCUT2D eigenvalue weighted by Crippen LogP contribution is -2.32. The third-order valence-electron chi connectivity index (χ3n) is 5.63. The van der Waals surface area contributed by atoms with Crippen LogP contribution in [0.4, 0.5) is 0 Å². The zero-order valence-corrected chi connectivity index (χ0v) is 19.7. The van der Waals surface area contributed by atoms with Crippen LogP contribution in [0.25, 0.3) is 10.9 Å². The first-order valence-electron chi connectivity index (χ1n) is 11.1. The molecule has 0 aliphatic carbocycles. The largest absolute Gasteiger partial charge is 0.361 e. The molecule has 1 heterocycles. The maximum absolute atomic E-state index is 13.0. The third-order valence-corrected chi connectivity index (χ3v) is 6.16. The average Bonchev–Trinajstić information content (AvgIpc) is 3.23. The molecule has 0 bridgehead atoms. The van der Waals surface area contributed by atoms with Crippen LogP contribution in [0, 0.1) is 0 Å². The van der Waals surface area contributed by atoms with E-state index in [1.807, 2.05) is 47.5 Å². The molecule has 3 N–H and O–H groups in total. The lowest BCUT2D eigenvalue weighted by atomic mass is 10.1. The van der Waals surface area contributed by atoms with Gasteiger partial charge in [-0.05, 0) is 48.6 Å². The van der Waals surface area contributed by atoms with Crippen LogP contribution in [-0.2, 0) is 22.6 Å². The minimum atomic E-state index is -0.362. The number of nitrogens with zero attached hydrogens (tertiary/aromatic N) is 1. The highest BCUT2D eigenvalue weighted by Gasteiger charge is 2.15. The summed E-state index contributed by atoms with van der Waals surface area (Å²) >= 11 is 3.47. The van der Waals surface area contributed by atoms with Crippen LogP contribution in [-0.4, -0.2) is 33.5 Å². The molecule has 0 aliphatic heterocycles. The van der Waals surface area contributed by atoms with Crippen LogP contribution in [0.5, 0.6) is 0 Å². The second-order valence-electron chi connectivity index (χ2n) is 8.00. The number of rotatable bonds is 12. The van der Waals surface area contributed by atoms with E-state index in [2.05, 4.69) is 33.0 Å². The highest BCUT2D eigenvalue weighted by Crippen LogP contribution is 2.20. The Morgan fingerprint density at radius 3 is 2.44 bits per heavy atom. The van der Waals surface area contributed by atoms with Crippen molar-refractivity contribution in [2.75, 3.05) is 6.54 Å². The Hall–Kier alpha value is -2.64. The predicted octanol–water partition coefficient (Wildman–Crippen LogP) is 5.35. The summed E-state index contributed by atoms with van der Waals surface area (Å²) in [7, 11) is 0. The Morgan fingerprint density at radius 1 is 0.969 bits per heavy atom. The smallest absolute Gasteiger partial charge is 0.243 e. The first-order chi connectivity index (χ1) is 15.6. The van der Waals surface area contributed by atoms with E-state index < -0.39 is 0 Å². The number of amides is 2. The maximum Gasteiger partial charge on any atom is 0.243 e. The van der Waals surface area contributed by atoms with Gasteiger partial charge >= 0.3 is 0 Å². The van der Waals surface area contributed by atoms with Crippen molar-refractivity contribution in [3.05, 3.63) is 70.3 Å². The molecule has 0 radical (unpaired) electrons. The van der Waals surface area contributed by atoms with E-state index in [0.717, 1.165) is 41.2 Å². The molecule has 1 aromatic heterocycles. The number of halogens is 1. The second kappa shape index (κ2) is 12.4. The minimum Gasteiger partial charge on any atom is -0.361 e. The molecule has 2 amide bonds. The normalized spacial score (nSPS) is 10.9. The van der Waals surface area contributed by atoms with Crippen LogP contribution in [0.2, 0.25) is 0 Å². The van der Waals surface area contributed by atoms with Gasteiger partial charge in [0.05, 0.1) is 0 Å². The van der Waals surface area contributed by atoms with Gasteiger partial charge in [-0.25, -0.2) is 5.48 Å². The zero-order valence-electron chi connectivity index (χ0n) is 18.1. The number of nitrogens with one attached hydrogen (secondary N) is 2. The van der Waals surface area contributed by atoms with Gasteiger partial charge < -0.3 is 9.88 Å². The molecule has 3 aromatic rings.